The summed E-state index contributed by atoms with van der Waals surface area (Å²) in [5.74, 6) is 0.0733. The highest BCUT2D eigenvalue weighted by Crippen LogP contribution is 2.33. The lowest BCUT2D eigenvalue weighted by Gasteiger charge is -2.35. The van der Waals surface area contributed by atoms with Crippen LogP contribution in [0.2, 0.25) is 0 Å². The number of rotatable bonds is 5. The fourth-order valence-electron chi connectivity index (χ4n) is 4.15. The predicted molar refractivity (Wildman–Crippen MR) is 105 cm³/mol. The zero-order valence-electron chi connectivity index (χ0n) is 16.1. The van der Waals surface area contributed by atoms with E-state index < -0.39 is 11.9 Å². The van der Waals surface area contributed by atoms with Gasteiger partial charge in [-0.25, -0.2) is 0 Å². The SMILES string of the molecule is O=C(O)C1CCO[C@H]1C1CCN(C(=O)c2cc(Oc3ccccc3)ccn2)CC1. The first-order valence-electron chi connectivity index (χ1n) is 9.94. The molecular formula is C22H24N2O5. The molecule has 2 aliphatic heterocycles. The van der Waals surface area contributed by atoms with Crippen molar-refractivity contribution in [3.8, 4) is 11.5 Å². The summed E-state index contributed by atoms with van der Waals surface area (Å²) >= 11 is 0. The van der Waals surface area contributed by atoms with E-state index in [1.54, 1.807) is 23.2 Å². The van der Waals surface area contributed by atoms with Gasteiger partial charge in [0.1, 0.15) is 17.2 Å². The molecule has 2 aromatic rings. The Morgan fingerprint density at radius 3 is 2.55 bits per heavy atom. The van der Waals surface area contributed by atoms with E-state index in [2.05, 4.69) is 4.98 Å². The van der Waals surface area contributed by atoms with Crippen molar-refractivity contribution in [3.63, 3.8) is 0 Å². The number of ether oxygens (including phenoxy) is 2. The van der Waals surface area contributed by atoms with E-state index in [0.717, 1.165) is 12.8 Å². The summed E-state index contributed by atoms with van der Waals surface area (Å²) in [6.07, 6.45) is 3.37. The fourth-order valence-corrected chi connectivity index (χ4v) is 4.15. The molecule has 29 heavy (non-hydrogen) atoms. The number of benzene rings is 1. The van der Waals surface area contributed by atoms with Crippen LogP contribution in [0.15, 0.2) is 48.7 Å². The molecule has 1 aromatic heterocycles. The number of carboxylic acid groups (broad SMARTS) is 1. The molecule has 3 heterocycles. The van der Waals surface area contributed by atoms with Gasteiger partial charge in [0.15, 0.2) is 0 Å². The van der Waals surface area contributed by atoms with Gasteiger partial charge in [0, 0.05) is 32.0 Å². The van der Waals surface area contributed by atoms with E-state index in [1.165, 1.54) is 0 Å². The number of likely N-dealkylation sites (tertiary alicyclic amines) is 1. The Balaban J connectivity index is 1.37. The number of carboxylic acids is 1. The third kappa shape index (κ3) is 4.40. The van der Waals surface area contributed by atoms with Crippen LogP contribution in [0.3, 0.4) is 0 Å². The van der Waals surface area contributed by atoms with Crippen LogP contribution in [-0.2, 0) is 9.53 Å². The third-order valence-electron chi connectivity index (χ3n) is 5.67. The van der Waals surface area contributed by atoms with Crippen molar-refractivity contribution < 1.29 is 24.2 Å². The van der Waals surface area contributed by atoms with E-state index in [4.69, 9.17) is 9.47 Å². The second-order valence-corrected chi connectivity index (χ2v) is 7.49. The lowest BCUT2D eigenvalue weighted by molar-refractivity contribution is -0.145. The third-order valence-corrected chi connectivity index (χ3v) is 5.67. The number of carbonyl (C=O) groups is 2. The monoisotopic (exact) mass is 396 g/mol. The van der Waals surface area contributed by atoms with Crippen LogP contribution in [-0.4, -0.2) is 52.7 Å². The number of nitrogens with zero attached hydrogens (tertiary/aromatic N) is 2. The molecule has 0 bridgehead atoms. The van der Waals surface area contributed by atoms with Gasteiger partial charge in [-0.05, 0) is 43.4 Å². The van der Waals surface area contributed by atoms with Crippen LogP contribution >= 0.6 is 0 Å². The standard InChI is InChI=1S/C22H24N2O5/c25-21(19-14-17(6-10-23-19)29-16-4-2-1-3-5-16)24-11-7-15(8-12-24)20-18(22(26)27)9-13-28-20/h1-6,10,14-15,18,20H,7-9,11-13H2,(H,26,27)/t18?,20-/m0/s1. The highest BCUT2D eigenvalue weighted by molar-refractivity contribution is 5.92. The number of carbonyl (C=O) groups excluding carboxylic acids is 1. The first-order valence-corrected chi connectivity index (χ1v) is 9.94. The van der Waals surface area contributed by atoms with Gasteiger partial charge in [0.25, 0.3) is 5.91 Å². The molecule has 1 unspecified atom stereocenters. The average Bonchev–Trinajstić information content (AvgIpc) is 3.25. The maximum absolute atomic E-state index is 12.9. The molecule has 1 aromatic carbocycles. The van der Waals surface area contributed by atoms with Crippen molar-refractivity contribution in [2.45, 2.75) is 25.4 Å². The average molecular weight is 396 g/mol. The molecular weight excluding hydrogens is 372 g/mol. The van der Waals surface area contributed by atoms with Crippen molar-refractivity contribution in [1.82, 2.24) is 9.88 Å². The van der Waals surface area contributed by atoms with Crippen LogP contribution in [0.25, 0.3) is 0 Å². The number of pyridine rings is 1. The lowest BCUT2D eigenvalue weighted by atomic mass is 9.84. The van der Waals surface area contributed by atoms with Gasteiger partial charge in [-0.3, -0.25) is 14.6 Å². The molecule has 7 nitrogen and oxygen atoms in total. The minimum atomic E-state index is -0.787. The molecule has 7 heteroatoms. The van der Waals surface area contributed by atoms with E-state index >= 15 is 0 Å². The molecule has 2 saturated heterocycles. The zero-order valence-corrected chi connectivity index (χ0v) is 16.1. The van der Waals surface area contributed by atoms with Gasteiger partial charge in [-0.2, -0.15) is 0 Å². The molecule has 0 aliphatic carbocycles. The number of amides is 1. The lowest BCUT2D eigenvalue weighted by Crippen LogP contribution is -2.43. The number of hydrogen-bond acceptors (Lipinski definition) is 5. The summed E-state index contributed by atoms with van der Waals surface area (Å²) in [7, 11) is 0. The van der Waals surface area contributed by atoms with Gasteiger partial charge < -0.3 is 19.5 Å². The number of hydrogen-bond donors (Lipinski definition) is 1. The van der Waals surface area contributed by atoms with E-state index in [9.17, 15) is 14.7 Å². The topological polar surface area (TPSA) is 89.0 Å². The highest BCUT2D eigenvalue weighted by Gasteiger charge is 2.40. The number of aromatic nitrogens is 1. The molecule has 152 valence electrons. The van der Waals surface area contributed by atoms with Gasteiger partial charge >= 0.3 is 5.97 Å². The summed E-state index contributed by atoms with van der Waals surface area (Å²) in [6, 6.07) is 12.8. The first kappa shape index (κ1) is 19.4. The maximum atomic E-state index is 12.9. The Hall–Kier alpha value is -2.93. The van der Waals surface area contributed by atoms with E-state index in [0.29, 0.717) is 43.3 Å². The van der Waals surface area contributed by atoms with Crippen molar-refractivity contribution in [1.29, 1.82) is 0 Å². The summed E-state index contributed by atoms with van der Waals surface area (Å²) < 4.78 is 11.5. The van der Waals surface area contributed by atoms with Crippen molar-refractivity contribution >= 4 is 11.9 Å². The largest absolute Gasteiger partial charge is 0.481 e. The van der Waals surface area contributed by atoms with Crippen LogP contribution in [0.5, 0.6) is 11.5 Å². The van der Waals surface area contributed by atoms with Crippen molar-refractivity contribution in [2.75, 3.05) is 19.7 Å². The predicted octanol–water partition coefficient (Wildman–Crippen LogP) is 3.22. The number of aliphatic carboxylic acids is 1. The summed E-state index contributed by atoms with van der Waals surface area (Å²) in [5.41, 5.74) is 0.345. The van der Waals surface area contributed by atoms with Gasteiger partial charge in [0.2, 0.25) is 0 Å². The van der Waals surface area contributed by atoms with Gasteiger partial charge in [0.05, 0.1) is 12.0 Å². The minimum absolute atomic E-state index is 0.135. The van der Waals surface area contributed by atoms with Crippen molar-refractivity contribution in [2.24, 2.45) is 11.8 Å². The number of piperidine rings is 1. The molecule has 0 saturated carbocycles. The van der Waals surface area contributed by atoms with Crippen molar-refractivity contribution in [3.05, 3.63) is 54.4 Å². The molecule has 4 rings (SSSR count). The Labute approximate surface area is 169 Å². The molecule has 1 amide bonds. The Morgan fingerprint density at radius 2 is 1.83 bits per heavy atom. The smallest absolute Gasteiger partial charge is 0.309 e. The molecule has 0 spiro atoms. The van der Waals surface area contributed by atoms with E-state index in [1.807, 2.05) is 30.3 Å². The normalized spacial score (nSPS) is 22.4. The summed E-state index contributed by atoms with van der Waals surface area (Å²) in [5, 5.41) is 9.37. The molecule has 2 fully saturated rings. The first-order chi connectivity index (χ1) is 14.1. The quantitative estimate of drug-likeness (QED) is 0.835. The Morgan fingerprint density at radius 1 is 1.07 bits per heavy atom. The Bertz CT molecular complexity index is 865. The second kappa shape index (κ2) is 8.61. The maximum Gasteiger partial charge on any atom is 0.309 e. The summed E-state index contributed by atoms with van der Waals surface area (Å²) in [6.45, 7) is 1.64. The van der Waals surface area contributed by atoms with E-state index in [-0.39, 0.29) is 17.9 Å². The number of para-hydroxylation sites is 1. The zero-order chi connectivity index (χ0) is 20.2. The molecule has 2 aliphatic rings. The highest BCUT2D eigenvalue weighted by atomic mass is 16.5. The van der Waals surface area contributed by atoms with Crippen LogP contribution in [0.1, 0.15) is 29.8 Å². The fraction of sp³-hybridized carbons (Fsp3) is 0.409. The minimum Gasteiger partial charge on any atom is -0.481 e. The van der Waals surface area contributed by atoms with Gasteiger partial charge in [-0.15, -0.1) is 0 Å². The van der Waals surface area contributed by atoms with Crippen LogP contribution in [0.4, 0.5) is 0 Å². The second-order valence-electron chi connectivity index (χ2n) is 7.49. The summed E-state index contributed by atoms with van der Waals surface area (Å²) in [4.78, 5) is 30.3. The molecule has 2 atom stereocenters. The molecule has 1 N–H and O–H groups in total. The van der Waals surface area contributed by atoms with Crippen LogP contribution < -0.4 is 4.74 Å². The van der Waals surface area contributed by atoms with Gasteiger partial charge in [-0.1, -0.05) is 18.2 Å². The van der Waals surface area contributed by atoms with Crippen LogP contribution in [0, 0.1) is 11.8 Å². The Kier molecular flexibility index (Phi) is 5.76. The molecule has 0 radical (unpaired) electrons.